The molecule has 7 heteroatoms. The minimum absolute atomic E-state index is 0.0160. The molecular weight excluding hydrogens is 395 g/mol. The van der Waals surface area contributed by atoms with Gasteiger partial charge in [0.05, 0.1) is 18.2 Å². The minimum Gasteiger partial charge on any atom is -0.489 e. The van der Waals surface area contributed by atoms with Crippen LogP contribution in [0.1, 0.15) is 52.0 Å². The molecule has 0 saturated carbocycles. The number of carbonyl (C=O) groups is 1. The lowest BCUT2D eigenvalue weighted by Gasteiger charge is -2.21. The van der Waals surface area contributed by atoms with Crippen LogP contribution in [0.3, 0.4) is 0 Å². The summed E-state index contributed by atoms with van der Waals surface area (Å²) in [6.07, 6.45) is 3.34. The summed E-state index contributed by atoms with van der Waals surface area (Å²) in [6, 6.07) is 9.49. The Morgan fingerprint density at radius 2 is 2.00 bits per heavy atom. The summed E-state index contributed by atoms with van der Waals surface area (Å²) in [5, 5.41) is 5.98. The van der Waals surface area contributed by atoms with Gasteiger partial charge in [-0.1, -0.05) is 19.1 Å². The Hall–Kier alpha value is -2.83. The van der Waals surface area contributed by atoms with Gasteiger partial charge in [-0.3, -0.25) is 4.79 Å². The smallest absolute Gasteiger partial charge is 0.227 e. The molecule has 1 aliphatic heterocycles. The average Bonchev–Trinajstić information content (AvgIpc) is 3.20. The van der Waals surface area contributed by atoms with Crippen molar-refractivity contribution in [3.05, 3.63) is 47.9 Å². The third-order valence-electron chi connectivity index (χ3n) is 5.40. The second-order valence-electron chi connectivity index (χ2n) is 8.35. The van der Waals surface area contributed by atoms with Gasteiger partial charge in [0.25, 0.3) is 0 Å². The molecule has 1 fully saturated rings. The quantitative estimate of drug-likeness (QED) is 0.622. The number of hydrogen-bond donors (Lipinski definition) is 2. The monoisotopic (exact) mass is 428 g/mol. The number of nitrogens with zero attached hydrogens (tertiary/aromatic N) is 2. The molecule has 0 aliphatic carbocycles. The van der Waals surface area contributed by atoms with Crippen molar-refractivity contribution in [2.75, 3.05) is 29.9 Å². The average molecular weight is 429 g/mol. The van der Waals surface area contributed by atoms with Crippen LogP contribution in [0.25, 0.3) is 0 Å². The van der Waals surface area contributed by atoms with Crippen LogP contribution in [0.15, 0.2) is 36.5 Å². The van der Waals surface area contributed by atoms with Crippen LogP contribution in [0.4, 0.5) is 15.9 Å². The Kier molecular flexibility index (Phi) is 7.71. The van der Waals surface area contributed by atoms with Crippen molar-refractivity contribution in [2.24, 2.45) is 0 Å². The van der Waals surface area contributed by atoms with Crippen LogP contribution >= 0.6 is 0 Å². The SMILES string of the molecule is CCCNc1nccc(N2CCC(Oc3ccc(C(C)C(=O)NC(C)C)cc3)C2)c1F. The highest BCUT2D eigenvalue weighted by atomic mass is 19.1. The number of hydrogen-bond acceptors (Lipinski definition) is 5. The van der Waals surface area contributed by atoms with E-state index in [-0.39, 0.29) is 29.8 Å². The van der Waals surface area contributed by atoms with E-state index in [9.17, 15) is 9.18 Å². The first-order valence-electron chi connectivity index (χ1n) is 11.1. The van der Waals surface area contributed by atoms with Crippen LogP contribution in [0, 0.1) is 5.82 Å². The maximum absolute atomic E-state index is 14.8. The van der Waals surface area contributed by atoms with Crippen molar-refractivity contribution < 1.29 is 13.9 Å². The Balaban J connectivity index is 1.59. The van der Waals surface area contributed by atoms with E-state index >= 15 is 0 Å². The molecule has 2 heterocycles. The predicted octanol–water partition coefficient (Wildman–Crippen LogP) is 4.33. The summed E-state index contributed by atoms with van der Waals surface area (Å²) < 4.78 is 21.0. The van der Waals surface area contributed by atoms with Crippen molar-refractivity contribution in [3.8, 4) is 5.75 Å². The zero-order chi connectivity index (χ0) is 22.4. The standard InChI is InChI=1S/C24H33FN4O2/c1-5-12-26-23-22(25)21(10-13-27-23)29-14-11-20(15-29)31-19-8-6-18(7-9-19)17(4)24(30)28-16(2)3/h6-10,13,16-17,20H,5,11-12,14-15H2,1-4H3,(H,26,27)(H,28,30). The molecule has 0 spiro atoms. The normalized spacial score (nSPS) is 17.0. The van der Waals surface area contributed by atoms with Gasteiger partial charge in [0, 0.05) is 31.7 Å². The Labute approximate surface area is 184 Å². The number of halogens is 1. The number of anilines is 2. The lowest BCUT2D eigenvalue weighted by Crippen LogP contribution is -2.33. The Morgan fingerprint density at radius 1 is 1.26 bits per heavy atom. The first-order chi connectivity index (χ1) is 14.9. The summed E-state index contributed by atoms with van der Waals surface area (Å²) in [7, 11) is 0. The van der Waals surface area contributed by atoms with Gasteiger partial charge in [0.15, 0.2) is 11.6 Å². The molecule has 1 amide bonds. The maximum atomic E-state index is 14.8. The van der Waals surface area contributed by atoms with Crippen LogP contribution in [-0.4, -0.2) is 42.7 Å². The zero-order valence-corrected chi connectivity index (χ0v) is 18.8. The number of amides is 1. The lowest BCUT2D eigenvalue weighted by molar-refractivity contribution is -0.122. The largest absolute Gasteiger partial charge is 0.489 e. The molecule has 2 aromatic rings. The number of rotatable bonds is 9. The molecule has 1 aliphatic rings. The van der Waals surface area contributed by atoms with Crippen LogP contribution in [0.5, 0.6) is 5.75 Å². The first-order valence-corrected chi connectivity index (χ1v) is 11.1. The Morgan fingerprint density at radius 3 is 2.68 bits per heavy atom. The number of benzene rings is 1. The third kappa shape index (κ3) is 5.87. The van der Waals surface area contributed by atoms with Gasteiger partial charge in [0.1, 0.15) is 11.9 Å². The number of ether oxygens (including phenoxy) is 1. The molecule has 1 saturated heterocycles. The van der Waals surface area contributed by atoms with Gasteiger partial charge in [0.2, 0.25) is 5.91 Å². The lowest BCUT2D eigenvalue weighted by atomic mass is 10.00. The van der Waals surface area contributed by atoms with Gasteiger partial charge in [-0.25, -0.2) is 9.37 Å². The van der Waals surface area contributed by atoms with Gasteiger partial charge < -0.3 is 20.3 Å². The van der Waals surface area contributed by atoms with Gasteiger partial charge in [-0.2, -0.15) is 0 Å². The fraction of sp³-hybridized carbons (Fsp3) is 0.500. The van der Waals surface area contributed by atoms with Crippen LogP contribution in [0.2, 0.25) is 0 Å². The van der Waals surface area contributed by atoms with Crippen molar-refractivity contribution in [1.29, 1.82) is 0 Å². The first kappa shape index (κ1) is 22.8. The van der Waals surface area contributed by atoms with E-state index in [1.807, 2.05) is 56.9 Å². The molecule has 0 radical (unpaired) electrons. The highest BCUT2D eigenvalue weighted by molar-refractivity contribution is 5.83. The Bertz CT molecular complexity index is 872. The minimum atomic E-state index is -0.311. The third-order valence-corrected chi connectivity index (χ3v) is 5.40. The maximum Gasteiger partial charge on any atom is 0.227 e. The summed E-state index contributed by atoms with van der Waals surface area (Å²) in [4.78, 5) is 18.3. The fourth-order valence-electron chi connectivity index (χ4n) is 3.68. The van der Waals surface area contributed by atoms with Crippen LogP contribution in [-0.2, 0) is 4.79 Å². The molecule has 0 bridgehead atoms. The second kappa shape index (κ2) is 10.5. The van der Waals surface area contributed by atoms with E-state index in [4.69, 9.17) is 4.74 Å². The number of aromatic nitrogens is 1. The summed E-state index contributed by atoms with van der Waals surface area (Å²) in [5.41, 5.74) is 1.50. The molecule has 1 aromatic carbocycles. The molecule has 6 nitrogen and oxygen atoms in total. The molecule has 31 heavy (non-hydrogen) atoms. The summed E-state index contributed by atoms with van der Waals surface area (Å²) in [5.74, 6) is 0.544. The molecule has 1 aromatic heterocycles. The number of carbonyl (C=O) groups excluding carboxylic acids is 1. The van der Waals surface area contributed by atoms with E-state index in [1.165, 1.54) is 0 Å². The molecule has 2 N–H and O–H groups in total. The summed E-state index contributed by atoms with van der Waals surface area (Å²) >= 11 is 0. The zero-order valence-electron chi connectivity index (χ0n) is 18.8. The van der Waals surface area contributed by atoms with Crippen molar-refractivity contribution in [1.82, 2.24) is 10.3 Å². The van der Waals surface area contributed by atoms with E-state index < -0.39 is 0 Å². The van der Waals surface area contributed by atoms with Crippen molar-refractivity contribution >= 4 is 17.4 Å². The van der Waals surface area contributed by atoms with E-state index in [2.05, 4.69) is 15.6 Å². The molecule has 3 rings (SSSR count). The second-order valence-corrected chi connectivity index (χ2v) is 8.35. The molecule has 2 atom stereocenters. The van der Waals surface area contributed by atoms with E-state index in [0.29, 0.717) is 24.6 Å². The number of nitrogens with one attached hydrogen (secondary N) is 2. The number of pyridine rings is 1. The molecule has 168 valence electrons. The van der Waals surface area contributed by atoms with Gasteiger partial charge >= 0.3 is 0 Å². The van der Waals surface area contributed by atoms with Crippen LogP contribution < -0.4 is 20.3 Å². The van der Waals surface area contributed by atoms with Crippen molar-refractivity contribution in [2.45, 2.75) is 58.6 Å². The fourth-order valence-corrected chi connectivity index (χ4v) is 3.68. The van der Waals surface area contributed by atoms with Crippen molar-refractivity contribution in [3.63, 3.8) is 0 Å². The predicted molar refractivity (Wildman–Crippen MR) is 122 cm³/mol. The van der Waals surface area contributed by atoms with E-state index in [1.54, 1.807) is 12.3 Å². The van der Waals surface area contributed by atoms with Gasteiger partial charge in [-0.15, -0.1) is 0 Å². The van der Waals surface area contributed by atoms with Gasteiger partial charge in [-0.05, 0) is 51.0 Å². The summed E-state index contributed by atoms with van der Waals surface area (Å²) in [6.45, 7) is 9.86. The molecular formula is C24H33FN4O2. The topological polar surface area (TPSA) is 66.5 Å². The highest BCUT2D eigenvalue weighted by Gasteiger charge is 2.27. The van der Waals surface area contributed by atoms with E-state index in [0.717, 1.165) is 30.7 Å². The highest BCUT2D eigenvalue weighted by Crippen LogP contribution is 2.29. The molecule has 2 unspecified atom stereocenters.